The third kappa shape index (κ3) is 2.54. The van der Waals surface area contributed by atoms with Gasteiger partial charge in [-0.25, -0.2) is 8.42 Å². The minimum Gasteiger partial charge on any atom is -0.497 e. The van der Waals surface area contributed by atoms with Gasteiger partial charge in [-0.05, 0) is 12.1 Å². The lowest BCUT2D eigenvalue weighted by Gasteiger charge is -2.23. The van der Waals surface area contributed by atoms with Crippen LogP contribution in [0.1, 0.15) is 6.92 Å². The summed E-state index contributed by atoms with van der Waals surface area (Å²) in [5.74, 6) is 0.150. The summed E-state index contributed by atoms with van der Waals surface area (Å²) in [4.78, 5) is 11.3. The fourth-order valence-corrected chi connectivity index (χ4v) is 4.05. The number of hydrogen-bond acceptors (Lipinski definition) is 7. The molecule has 0 saturated heterocycles. The van der Waals surface area contributed by atoms with Crippen molar-refractivity contribution in [2.75, 3.05) is 19.5 Å². The predicted molar refractivity (Wildman–Crippen MR) is 86.0 cm³/mol. The van der Waals surface area contributed by atoms with E-state index in [1.165, 1.54) is 39.3 Å². The van der Waals surface area contributed by atoms with Crippen molar-refractivity contribution in [3.63, 3.8) is 0 Å². The van der Waals surface area contributed by atoms with E-state index >= 15 is 0 Å². The highest BCUT2D eigenvalue weighted by atomic mass is 32.2. The molecule has 0 aliphatic carbocycles. The number of methoxy groups -OCH3 is 2. The number of carbonyl (C=O) groups is 1. The summed E-state index contributed by atoms with van der Waals surface area (Å²) in [5.41, 5.74) is 0.783. The predicted octanol–water partition coefficient (Wildman–Crippen LogP) is 2.52. The number of anilines is 2. The molecule has 3 rings (SSSR count). The van der Waals surface area contributed by atoms with Crippen molar-refractivity contribution in [2.24, 2.45) is 0 Å². The first-order valence-corrected chi connectivity index (χ1v) is 8.45. The second kappa shape index (κ2) is 5.72. The monoisotopic (exact) mass is 349 g/mol. The maximum absolute atomic E-state index is 12.9. The average molecular weight is 349 g/mol. The molecule has 0 fully saturated rings. The molecule has 1 aliphatic rings. The van der Waals surface area contributed by atoms with E-state index in [1.54, 1.807) is 12.1 Å². The topological polar surface area (TPSA) is 90.9 Å². The summed E-state index contributed by atoms with van der Waals surface area (Å²) < 4.78 is 41.2. The Morgan fingerprint density at radius 1 is 0.958 bits per heavy atom. The minimum atomic E-state index is -3.81. The SMILES string of the molecule is COc1ccc2c(c1)S(=O)(=O)c1cc(OC(C)=O)c(OC)cc1N2. The molecular weight excluding hydrogens is 334 g/mol. The number of esters is 1. The van der Waals surface area contributed by atoms with Gasteiger partial charge >= 0.3 is 5.97 Å². The van der Waals surface area contributed by atoms with Gasteiger partial charge in [0.05, 0.1) is 35.4 Å². The maximum Gasteiger partial charge on any atom is 0.308 e. The number of hydrogen-bond donors (Lipinski definition) is 1. The van der Waals surface area contributed by atoms with Gasteiger partial charge < -0.3 is 19.5 Å². The quantitative estimate of drug-likeness (QED) is 0.574. The molecule has 2 aromatic carbocycles. The van der Waals surface area contributed by atoms with Crippen LogP contribution in [0.25, 0.3) is 0 Å². The van der Waals surface area contributed by atoms with E-state index in [2.05, 4.69) is 5.32 Å². The zero-order valence-corrected chi connectivity index (χ0v) is 14.1. The number of rotatable bonds is 3. The van der Waals surface area contributed by atoms with Crippen molar-refractivity contribution in [2.45, 2.75) is 16.7 Å². The Kier molecular flexibility index (Phi) is 3.84. The van der Waals surface area contributed by atoms with Gasteiger partial charge in [-0.15, -0.1) is 0 Å². The van der Waals surface area contributed by atoms with Crippen LogP contribution in [0, 0.1) is 0 Å². The third-order valence-corrected chi connectivity index (χ3v) is 5.39. The number of sulfone groups is 1. The summed E-state index contributed by atoms with van der Waals surface area (Å²) >= 11 is 0. The average Bonchev–Trinajstić information content (AvgIpc) is 2.54. The molecule has 2 aromatic rings. The van der Waals surface area contributed by atoms with Crippen molar-refractivity contribution in [1.29, 1.82) is 0 Å². The fourth-order valence-electron chi connectivity index (χ4n) is 2.47. The number of fused-ring (bicyclic) bond motifs is 2. The Morgan fingerprint density at radius 2 is 1.67 bits per heavy atom. The summed E-state index contributed by atoms with van der Waals surface area (Å²) in [6, 6.07) is 7.49. The number of benzene rings is 2. The highest BCUT2D eigenvalue weighted by Crippen LogP contribution is 2.45. The molecule has 0 amide bonds. The Morgan fingerprint density at radius 3 is 2.29 bits per heavy atom. The molecule has 1 heterocycles. The van der Waals surface area contributed by atoms with Crippen LogP contribution in [0.5, 0.6) is 17.2 Å². The lowest BCUT2D eigenvalue weighted by molar-refractivity contribution is -0.132. The van der Waals surface area contributed by atoms with Gasteiger partial charge in [0, 0.05) is 25.1 Å². The molecule has 8 heteroatoms. The zero-order chi connectivity index (χ0) is 17.5. The molecule has 7 nitrogen and oxygen atoms in total. The second-order valence-corrected chi connectivity index (χ2v) is 6.97. The molecule has 0 radical (unpaired) electrons. The van der Waals surface area contributed by atoms with Gasteiger partial charge in [-0.2, -0.15) is 0 Å². The molecule has 0 spiro atoms. The van der Waals surface area contributed by atoms with Gasteiger partial charge in [-0.3, -0.25) is 4.79 Å². The maximum atomic E-state index is 12.9. The minimum absolute atomic E-state index is 0.000281. The molecule has 1 N–H and O–H groups in total. The summed E-state index contributed by atoms with van der Waals surface area (Å²) in [6.07, 6.45) is 0. The number of nitrogens with one attached hydrogen (secondary N) is 1. The molecule has 0 saturated carbocycles. The van der Waals surface area contributed by atoms with E-state index in [-0.39, 0.29) is 21.3 Å². The van der Waals surface area contributed by atoms with Gasteiger partial charge in [0.15, 0.2) is 11.5 Å². The normalized spacial score (nSPS) is 14.0. The number of carbonyl (C=O) groups excluding carboxylic acids is 1. The van der Waals surface area contributed by atoms with Crippen LogP contribution < -0.4 is 19.5 Å². The van der Waals surface area contributed by atoms with Gasteiger partial charge in [0.1, 0.15) is 5.75 Å². The van der Waals surface area contributed by atoms with Crippen molar-refractivity contribution in [1.82, 2.24) is 0 Å². The Hall–Kier alpha value is -2.74. The summed E-state index contributed by atoms with van der Waals surface area (Å²) in [7, 11) is -0.938. The third-order valence-electron chi connectivity index (χ3n) is 3.56. The van der Waals surface area contributed by atoms with Crippen LogP contribution >= 0.6 is 0 Å². The van der Waals surface area contributed by atoms with Crippen LogP contribution in [-0.4, -0.2) is 28.6 Å². The van der Waals surface area contributed by atoms with Gasteiger partial charge in [-0.1, -0.05) is 0 Å². The molecule has 0 unspecified atom stereocenters. The smallest absolute Gasteiger partial charge is 0.308 e. The Balaban J connectivity index is 2.21. The van der Waals surface area contributed by atoms with E-state index in [4.69, 9.17) is 14.2 Å². The van der Waals surface area contributed by atoms with Crippen molar-refractivity contribution < 1.29 is 27.4 Å². The lowest BCUT2D eigenvalue weighted by atomic mass is 10.2. The van der Waals surface area contributed by atoms with E-state index in [9.17, 15) is 13.2 Å². The van der Waals surface area contributed by atoms with Crippen LogP contribution in [0.15, 0.2) is 40.1 Å². The Labute approximate surface area is 139 Å². The largest absolute Gasteiger partial charge is 0.497 e. The van der Waals surface area contributed by atoms with Crippen LogP contribution in [0.3, 0.4) is 0 Å². The van der Waals surface area contributed by atoms with Crippen LogP contribution in [0.4, 0.5) is 11.4 Å². The van der Waals surface area contributed by atoms with Crippen LogP contribution in [-0.2, 0) is 14.6 Å². The summed E-state index contributed by atoms with van der Waals surface area (Å²) in [6.45, 7) is 1.23. The van der Waals surface area contributed by atoms with E-state index in [0.717, 1.165) is 0 Å². The molecule has 126 valence electrons. The van der Waals surface area contributed by atoms with Crippen molar-refractivity contribution in [3.05, 3.63) is 30.3 Å². The van der Waals surface area contributed by atoms with E-state index in [1.807, 2.05) is 0 Å². The van der Waals surface area contributed by atoms with Gasteiger partial charge in [0.25, 0.3) is 0 Å². The molecule has 1 aliphatic heterocycles. The highest BCUT2D eigenvalue weighted by molar-refractivity contribution is 7.92. The molecule has 0 bridgehead atoms. The first-order chi connectivity index (χ1) is 11.4. The molecular formula is C16H15NO6S. The van der Waals surface area contributed by atoms with E-state index in [0.29, 0.717) is 17.1 Å². The van der Waals surface area contributed by atoms with Crippen LogP contribution in [0.2, 0.25) is 0 Å². The number of ether oxygens (including phenoxy) is 3. The Bertz CT molecular complexity index is 936. The van der Waals surface area contributed by atoms with Crippen molar-refractivity contribution >= 4 is 27.2 Å². The molecule has 0 aromatic heterocycles. The first kappa shape index (κ1) is 16.1. The molecule has 0 atom stereocenters. The summed E-state index contributed by atoms with van der Waals surface area (Å²) in [5, 5.41) is 3.05. The second-order valence-electron chi connectivity index (χ2n) is 5.08. The molecule has 24 heavy (non-hydrogen) atoms. The van der Waals surface area contributed by atoms with Gasteiger partial charge in [0.2, 0.25) is 9.84 Å². The van der Waals surface area contributed by atoms with E-state index < -0.39 is 15.8 Å². The zero-order valence-electron chi connectivity index (χ0n) is 13.2. The first-order valence-electron chi connectivity index (χ1n) is 6.97. The highest BCUT2D eigenvalue weighted by Gasteiger charge is 2.32. The lowest BCUT2D eigenvalue weighted by Crippen LogP contribution is -2.15. The standard InChI is InChI=1S/C16H15NO6S/c1-9(18)23-14-8-16-12(7-13(14)22-3)17-11-5-4-10(21-2)6-15(11)24(16,19)20/h4-8,17H,1-3H3. The fraction of sp³-hybridized carbons (Fsp3) is 0.188. The van der Waals surface area contributed by atoms with Crippen molar-refractivity contribution in [3.8, 4) is 17.2 Å².